The standard InChI is InChI=1S/C12H15BrN2O2/c13-12(7-14,15(16)17)11-4-8-1-9(5-11)3-10(2-8)6-11/h8-10H,1-6H2/t8?,9?,10?,11?,12-/m1/s1. The Morgan fingerprint density at radius 3 is 1.94 bits per heavy atom. The molecule has 0 N–H and O–H groups in total. The molecule has 0 amide bonds. The van der Waals surface area contributed by atoms with Crippen LogP contribution in [0.4, 0.5) is 0 Å². The summed E-state index contributed by atoms with van der Waals surface area (Å²) in [6.07, 6.45) is 6.26. The summed E-state index contributed by atoms with van der Waals surface area (Å²) >= 11 is 3.18. The fraction of sp³-hybridized carbons (Fsp3) is 0.917. The summed E-state index contributed by atoms with van der Waals surface area (Å²) in [7, 11) is 0. The predicted octanol–water partition coefficient (Wildman–Crippen LogP) is 3.09. The Bertz CT molecular complexity index is 382. The number of nitriles is 1. The van der Waals surface area contributed by atoms with E-state index in [0.29, 0.717) is 17.8 Å². The van der Waals surface area contributed by atoms with E-state index in [-0.39, 0.29) is 0 Å². The van der Waals surface area contributed by atoms with Crippen LogP contribution in [0.5, 0.6) is 0 Å². The van der Waals surface area contributed by atoms with Crippen molar-refractivity contribution in [1.82, 2.24) is 0 Å². The van der Waals surface area contributed by atoms with Crippen molar-refractivity contribution in [2.45, 2.75) is 43.0 Å². The Hall–Kier alpha value is -0.630. The van der Waals surface area contributed by atoms with Crippen LogP contribution < -0.4 is 0 Å². The van der Waals surface area contributed by atoms with Gasteiger partial charge in [0.25, 0.3) is 0 Å². The fourth-order valence-electron chi connectivity index (χ4n) is 4.87. The number of nitro groups is 1. The van der Waals surface area contributed by atoms with E-state index in [1.165, 1.54) is 19.3 Å². The van der Waals surface area contributed by atoms with Crippen LogP contribution in [0.3, 0.4) is 0 Å². The molecule has 0 saturated heterocycles. The van der Waals surface area contributed by atoms with Crippen LogP contribution in [0.1, 0.15) is 38.5 Å². The minimum Gasteiger partial charge on any atom is -0.262 e. The molecule has 4 aliphatic carbocycles. The molecule has 0 unspecified atom stereocenters. The summed E-state index contributed by atoms with van der Waals surface area (Å²) in [4.78, 5) is 10.9. The van der Waals surface area contributed by atoms with Crippen molar-refractivity contribution in [1.29, 1.82) is 5.26 Å². The van der Waals surface area contributed by atoms with E-state index >= 15 is 0 Å². The number of rotatable bonds is 2. The monoisotopic (exact) mass is 298 g/mol. The van der Waals surface area contributed by atoms with Crippen molar-refractivity contribution in [3.05, 3.63) is 10.1 Å². The van der Waals surface area contributed by atoms with E-state index in [0.717, 1.165) is 19.3 Å². The third-order valence-corrected chi connectivity index (χ3v) is 6.45. The minimum absolute atomic E-state index is 0.403. The van der Waals surface area contributed by atoms with E-state index in [4.69, 9.17) is 0 Å². The van der Waals surface area contributed by atoms with Crippen LogP contribution in [-0.2, 0) is 0 Å². The molecule has 92 valence electrons. The molecule has 5 heteroatoms. The molecule has 0 heterocycles. The van der Waals surface area contributed by atoms with E-state index in [1.54, 1.807) is 0 Å². The van der Waals surface area contributed by atoms with Crippen LogP contribution in [0.25, 0.3) is 0 Å². The zero-order valence-corrected chi connectivity index (χ0v) is 11.1. The summed E-state index contributed by atoms with van der Waals surface area (Å²) in [6, 6.07) is 1.95. The minimum atomic E-state index is -1.56. The van der Waals surface area contributed by atoms with Crippen molar-refractivity contribution >= 4 is 15.9 Å². The molecular weight excluding hydrogens is 284 g/mol. The molecule has 0 aromatic carbocycles. The van der Waals surface area contributed by atoms with E-state index in [2.05, 4.69) is 15.9 Å². The third-order valence-electron chi connectivity index (χ3n) is 5.14. The van der Waals surface area contributed by atoms with Crippen molar-refractivity contribution in [3.8, 4) is 6.07 Å². The van der Waals surface area contributed by atoms with Crippen LogP contribution in [-0.4, -0.2) is 9.37 Å². The van der Waals surface area contributed by atoms with Gasteiger partial charge in [-0.15, -0.1) is 0 Å². The third kappa shape index (κ3) is 1.40. The lowest BCUT2D eigenvalue weighted by Gasteiger charge is -2.57. The molecule has 1 atom stereocenters. The summed E-state index contributed by atoms with van der Waals surface area (Å²) in [5.41, 5.74) is -0.417. The number of alkyl halides is 1. The highest BCUT2D eigenvalue weighted by Gasteiger charge is 2.67. The topological polar surface area (TPSA) is 66.9 Å². The van der Waals surface area contributed by atoms with Gasteiger partial charge in [0.15, 0.2) is 6.07 Å². The number of halogens is 1. The van der Waals surface area contributed by atoms with Gasteiger partial charge in [0.1, 0.15) is 0 Å². The van der Waals surface area contributed by atoms with Gasteiger partial charge in [-0.1, -0.05) is 0 Å². The van der Waals surface area contributed by atoms with Crippen LogP contribution in [0.2, 0.25) is 0 Å². The molecule has 4 aliphatic rings. The first-order valence-electron chi connectivity index (χ1n) is 6.24. The summed E-state index contributed by atoms with van der Waals surface area (Å²) in [5.74, 6) is 1.85. The highest BCUT2D eigenvalue weighted by atomic mass is 79.9. The highest BCUT2D eigenvalue weighted by molar-refractivity contribution is 9.10. The van der Waals surface area contributed by atoms with Crippen molar-refractivity contribution < 1.29 is 4.92 Å². The largest absolute Gasteiger partial charge is 0.363 e. The average molecular weight is 299 g/mol. The molecule has 0 radical (unpaired) electrons. The SMILES string of the molecule is N#C[C@@](Br)([N+](=O)[O-])C12CC3CC(CC(C3)C1)C2. The number of hydrogen-bond acceptors (Lipinski definition) is 3. The Balaban J connectivity index is 2.02. The average Bonchev–Trinajstić information content (AvgIpc) is 2.25. The van der Waals surface area contributed by atoms with Gasteiger partial charge in [-0.25, -0.2) is 0 Å². The molecule has 0 spiro atoms. The summed E-state index contributed by atoms with van der Waals surface area (Å²) in [6.45, 7) is 0. The van der Waals surface area contributed by atoms with Gasteiger partial charge in [0.2, 0.25) is 0 Å². The molecule has 4 bridgehead atoms. The first-order chi connectivity index (χ1) is 7.99. The number of nitrogens with zero attached hydrogens (tertiary/aromatic N) is 2. The van der Waals surface area contributed by atoms with Gasteiger partial charge in [-0.3, -0.25) is 10.1 Å². The van der Waals surface area contributed by atoms with Crippen LogP contribution in [0.15, 0.2) is 0 Å². The van der Waals surface area contributed by atoms with Crippen molar-refractivity contribution in [2.75, 3.05) is 0 Å². The molecule has 4 fully saturated rings. The van der Waals surface area contributed by atoms with Crippen molar-refractivity contribution in [3.63, 3.8) is 0 Å². The second-order valence-electron chi connectivity index (χ2n) is 6.19. The van der Waals surface area contributed by atoms with Crippen LogP contribution >= 0.6 is 15.9 Å². The maximum absolute atomic E-state index is 11.3. The highest BCUT2D eigenvalue weighted by Crippen LogP contribution is 2.65. The lowest BCUT2D eigenvalue weighted by atomic mass is 9.48. The predicted molar refractivity (Wildman–Crippen MR) is 64.9 cm³/mol. The zero-order chi connectivity index (χ0) is 12.3. The van der Waals surface area contributed by atoms with Gasteiger partial charge in [0.05, 0.1) is 10.3 Å². The molecule has 0 aromatic heterocycles. The Labute approximate surface area is 109 Å². The molecule has 0 aliphatic heterocycles. The van der Waals surface area contributed by atoms with E-state index < -0.39 is 14.8 Å². The smallest absolute Gasteiger partial charge is 0.262 e. The number of hydrogen-bond donors (Lipinski definition) is 0. The van der Waals surface area contributed by atoms with E-state index in [9.17, 15) is 15.4 Å². The molecule has 4 rings (SSSR count). The summed E-state index contributed by atoms with van der Waals surface area (Å²) < 4.78 is -1.56. The van der Waals surface area contributed by atoms with Gasteiger partial charge < -0.3 is 0 Å². The lowest BCUT2D eigenvalue weighted by molar-refractivity contribution is -0.545. The first-order valence-corrected chi connectivity index (χ1v) is 7.03. The Morgan fingerprint density at radius 1 is 1.24 bits per heavy atom. The van der Waals surface area contributed by atoms with Gasteiger partial charge in [-0.05, 0) is 56.3 Å². The lowest BCUT2D eigenvalue weighted by Crippen LogP contribution is -2.58. The molecule has 0 aromatic rings. The maximum Gasteiger partial charge on any atom is 0.363 e. The Morgan fingerprint density at radius 2 is 1.65 bits per heavy atom. The Kier molecular flexibility index (Phi) is 2.32. The quantitative estimate of drug-likeness (QED) is 0.340. The molecule has 17 heavy (non-hydrogen) atoms. The summed E-state index contributed by atoms with van der Waals surface area (Å²) in [5, 5.41) is 20.6. The van der Waals surface area contributed by atoms with Crippen LogP contribution in [0, 0.1) is 44.6 Å². The van der Waals surface area contributed by atoms with Gasteiger partial charge in [0, 0.05) is 15.9 Å². The fourth-order valence-corrected chi connectivity index (χ4v) is 5.36. The second kappa shape index (κ2) is 3.44. The molecule has 4 saturated carbocycles. The zero-order valence-electron chi connectivity index (χ0n) is 9.56. The second-order valence-corrected chi connectivity index (χ2v) is 7.34. The van der Waals surface area contributed by atoms with E-state index in [1.807, 2.05) is 6.07 Å². The van der Waals surface area contributed by atoms with Gasteiger partial charge in [-0.2, -0.15) is 5.26 Å². The molecule has 4 nitrogen and oxygen atoms in total. The van der Waals surface area contributed by atoms with Crippen molar-refractivity contribution in [2.24, 2.45) is 23.2 Å². The normalized spacial score (nSPS) is 46.2. The van der Waals surface area contributed by atoms with Gasteiger partial charge >= 0.3 is 4.45 Å². The first kappa shape index (κ1) is 11.5. The maximum atomic E-state index is 11.3. The molecular formula is C12H15BrN2O2.